The highest BCUT2D eigenvalue weighted by molar-refractivity contribution is 5.98. The van der Waals surface area contributed by atoms with Gasteiger partial charge in [-0.1, -0.05) is 58.1 Å². The fraction of sp³-hybridized carbons (Fsp3) is 0.533. The Kier molecular flexibility index (Phi) is 6.71. The molecule has 16 heavy (non-hydrogen) atoms. The third kappa shape index (κ3) is 6.39. The Hall–Kier alpha value is -1.11. The summed E-state index contributed by atoms with van der Waals surface area (Å²) >= 11 is 0. The molecule has 1 heteroatoms. The highest BCUT2D eigenvalue weighted by Crippen LogP contribution is 2.16. The van der Waals surface area contributed by atoms with Gasteiger partial charge in [0.15, 0.2) is 5.78 Å². The van der Waals surface area contributed by atoms with Crippen molar-refractivity contribution in [1.82, 2.24) is 0 Å². The Bertz CT molecular complexity index is 295. The molecule has 0 aromatic rings. The summed E-state index contributed by atoms with van der Waals surface area (Å²) in [6.07, 6.45) is 5.62. The quantitative estimate of drug-likeness (QED) is 0.461. The summed E-state index contributed by atoms with van der Waals surface area (Å²) < 4.78 is 0. The van der Waals surface area contributed by atoms with Gasteiger partial charge in [0.2, 0.25) is 0 Å². The van der Waals surface area contributed by atoms with Gasteiger partial charge in [-0.3, -0.25) is 4.79 Å². The minimum Gasteiger partial charge on any atom is -0.294 e. The molecule has 0 saturated carbocycles. The van der Waals surface area contributed by atoms with Crippen molar-refractivity contribution in [2.24, 2.45) is 11.8 Å². The van der Waals surface area contributed by atoms with Crippen LogP contribution >= 0.6 is 0 Å². The van der Waals surface area contributed by atoms with Gasteiger partial charge in [0.05, 0.1) is 0 Å². The Balaban J connectivity index is 4.22. The lowest BCUT2D eigenvalue weighted by Crippen LogP contribution is -2.12. The summed E-state index contributed by atoms with van der Waals surface area (Å²) in [7, 11) is 0. The van der Waals surface area contributed by atoms with Gasteiger partial charge < -0.3 is 0 Å². The number of rotatable bonds is 7. The van der Waals surface area contributed by atoms with E-state index in [1.54, 1.807) is 6.08 Å². The number of hydrogen-bond acceptors (Lipinski definition) is 1. The molecule has 0 saturated heterocycles. The zero-order valence-electron chi connectivity index (χ0n) is 11.0. The second-order valence-electron chi connectivity index (χ2n) is 4.94. The van der Waals surface area contributed by atoms with Crippen molar-refractivity contribution < 1.29 is 4.79 Å². The first-order valence-electron chi connectivity index (χ1n) is 5.91. The minimum atomic E-state index is 0.0738. The van der Waals surface area contributed by atoms with Crippen molar-refractivity contribution in [3.8, 4) is 0 Å². The summed E-state index contributed by atoms with van der Waals surface area (Å²) in [5.41, 5.74) is 1.52. The molecule has 0 spiro atoms. The van der Waals surface area contributed by atoms with E-state index >= 15 is 0 Å². The average Bonchev–Trinajstić information content (AvgIpc) is 2.21. The van der Waals surface area contributed by atoms with Crippen LogP contribution in [0.3, 0.4) is 0 Å². The van der Waals surface area contributed by atoms with Crippen LogP contribution in [0, 0.1) is 11.8 Å². The third-order valence-electron chi connectivity index (χ3n) is 2.51. The molecule has 0 heterocycles. The predicted octanol–water partition coefficient (Wildman–Crippen LogP) is 4.32. The SMILES string of the molecule is C=C(C)/C=C\C(=C)C(=O)C(C)CCC(C)C. The lowest BCUT2D eigenvalue weighted by Gasteiger charge is -2.11. The van der Waals surface area contributed by atoms with Crippen LogP contribution in [0.5, 0.6) is 0 Å². The summed E-state index contributed by atoms with van der Waals surface area (Å²) in [6.45, 7) is 15.8. The summed E-state index contributed by atoms with van der Waals surface area (Å²) in [4.78, 5) is 11.9. The molecule has 0 bridgehead atoms. The zero-order chi connectivity index (χ0) is 12.7. The smallest absolute Gasteiger partial charge is 0.165 e. The zero-order valence-corrected chi connectivity index (χ0v) is 11.0. The summed E-state index contributed by atoms with van der Waals surface area (Å²) in [5.74, 6) is 0.872. The standard InChI is InChI=1S/C15H24O/c1-11(2)7-9-13(5)15(16)14(6)10-8-12(3)4/h7,9,12,14H,1,5,8,10H2,2-4,6H3/b9-7-. The van der Waals surface area contributed by atoms with E-state index in [-0.39, 0.29) is 11.7 Å². The molecule has 0 fully saturated rings. The van der Waals surface area contributed by atoms with Crippen molar-refractivity contribution in [3.05, 3.63) is 36.5 Å². The molecule has 0 aliphatic rings. The van der Waals surface area contributed by atoms with Crippen LogP contribution in [0.4, 0.5) is 0 Å². The van der Waals surface area contributed by atoms with E-state index in [1.165, 1.54) is 0 Å². The van der Waals surface area contributed by atoms with Gasteiger partial charge >= 0.3 is 0 Å². The van der Waals surface area contributed by atoms with E-state index in [9.17, 15) is 4.79 Å². The topological polar surface area (TPSA) is 17.1 Å². The van der Waals surface area contributed by atoms with Crippen molar-refractivity contribution in [2.45, 2.75) is 40.5 Å². The Morgan fingerprint density at radius 3 is 2.12 bits per heavy atom. The highest BCUT2D eigenvalue weighted by atomic mass is 16.1. The number of Topliss-reactive ketones (excluding diaryl/α,β-unsaturated/α-hetero) is 1. The Morgan fingerprint density at radius 2 is 1.69 bits per heavy atom. The van der Waals surface area contributed by atoms with Crippen LogP contribution in [-0.4, -0.2) is 5.78 Å². The number of carbonyl (C=O) groups excluding carboxylic acids is 1. The second kappa shape index (κ2) is 7.21. The fourth-order valence-electron chi connectivity index (χ4n) is 1.36. The van der Waals surface area contributed by atoms with Crippen LogP contribution in [0.25, 0.3) is 0 Å². The maximum Gasteiger partial charge on any atom is 0.165 e. The van der Waals surface area contributed by atoms with Gasteiger partial charge in [0, 0.05) is 11.5 Å². The Morgan fingerprint density at radius 1 is 1.12 bits per heavy atom. The number of hydrogen-bond donors (Lipinski definition) is 0. The minimum absolute atomic E-state index is 0.0738. The second-order valence-corrected chi connectivity index (χ2v) is 4.94. The molecule has 0 aliphatic heterocycles. The van der Waals surface area contributed by atoms with Crippen LogP contribution in [-0.2, 0) is 4.79 Å². The van der Waals surface area contributed by atoms with E-state index in [0.29, 0.717) is 11.5 Å². The van der Waals surface area contributed by atoms with E-state index in [2.05, 4.69) is 27.0 Å². The van der Waals surface area contributed by atoms with E-state index < -0.39 is 0 Å². The van der Waals surface area contributed by atoms with E-state index in [4.69, 9.17) is 0 Å². The molecule has 0 radical (unpaired) electrons. The maximum atomic E-state index is 11.9. The van der Waals surface area contributed by atoms with Gasteiger partial charge in [0.25, 0.3) is 0 Å². The normalized spacial score (nSPS) is 13.1. The van der Waals surface area contributed by atoms with Crippen molar-refractivity contribution in [2.75, 3.05) is 0 Å². The molecule has 0 N–H and O–H groups in total. The lowest BCUT2D eigenvalue weighted by molar-refractivity contribution is -0.118. The fourth-order valence-corrected chi connectivity index (χ4v) is 1.36. The highest BCUT2D eigenvalue weighted by Gasteiger charge is 2.14. The number of allylic oxidation sites excluding steroid dienone is 4. The predicted molar refractivity (Wildman–Crippen MR) is 71.3 cm³/mol. The van der Waals surface area contributed by atoms with Gasteiger partial charge in [0.1, 0.15) is 0 Å². The van der Waals surface area contributed by atoms with Crippen molar-refractivity contribution in [3.63, 3.8) is 0 Å². The maximum absolute atomic E-state index is 11.9. The third-order valence-corrected chi connectivity index (χ3v) is 2.51. The number of ketones is 1. The first kappa shape index (κ1) is 14.9. The largest absolute Gasteiger partial charge is 0.294 e. The molecule has 0 aromatic heterocycles. The van der Waals surface area contributed by atoms with Gasteiger partial charge in [-0.05, 0) is 19.3 Å². The van der Waals surface area contributed by atoms with Crippen LogP contribution in [0.2, 0.25) is 0 Å². The first-order valence-corrected chi connectivity index (χ1v) is 5.91. The van der Waals surface area contributed by atoms with Crippen molar-refractivity contribution >= 4 is 5.78 Å². The monoisotopic (exact) mass is 220 g/mol. The van der Waals surface area contributed by atoms with Gasteiger partial charge in [-0.15, -0.1) is 0 Å². The first-order chi connectivity index (χ1) is 7.34. The molecule has 1 unspecified atom stereocenters. The van der Waals surface area contributed by atoms with E-state index in [0.717, 1.165) is 18.4 Å². The van der Waals surface area contributed by atoms with Crippen LogP contribution < -0.4 is 0 Å². The molecule has 1 atom stereocenters. The Labute approximate surface area is 99.9 Å². The molecule has 0 aromatic carbocycles. The molecule has 0 aliphatic carbocycles. The summed E-state index contributed by atoms with van der Waals surface area (Å²) in [6, 6.07) is 0. The van der Waals surface area contributed by atoms with Crippen molar-refractivity contribution in [1.29, 1.82) is 0 Å². The molecular formula is C15H24O. The molecule has 90 valence electrons. The van der Waals surface area contributed by atoms with Gasteiger partial charge in [-0.2, -0.15) is 0 Å². The average molecular weight is 220 g/mol. The van der Waals surface area contributed by atoms with Gasteiger partial charge in [-0.25, -0.2) is 0 Å². The van der Waals surface area contributed by atoms with E-state index in [1.807, 2.05) is 19.9 Å². The lowest BCUT2D eigenvalue weighted by atomic mass is 9.92. The van der Waals surface area contributed by atoms with Crippen LogP contribution in [0.1, 0.15) is 40.5 Å². The molecular weight excluding hydrogens is 196 g/mol. The number of carbonyl (C=O) groups is 1. The molecule has 1 nitrogen and oxygen atoms in total. The summed E-state index contributed by atoms with van der Waals surface area (Å²) in [5, 5.41) is 0. The molecule has 0 amide bonds. The van der Waals surface area contributed by atoms with Crippen LogP contribution in [0.15, 0.2) is 36.5 Å². The molecule has 0 rings (SSSR count).